The lowest BCUT2D eigenvalue weighted by Gasteiger charge is -2.31. The molecule has 13 heteroatoms. The van der Waals surface area contributed by atoms with Gasteiger partial charge in [-0.05, 0) is 105 Å². The molecule has 5 rings (SSSR count). The van der Waals surface area contributed by atoms with Crippen LogP contribution in [0.5, 0.6) is 0 Å². The van der Waals surface area contributed by atoms with Crippen molar-refractivity contribution in [2.45, 2.75) is 96.3 Å². The maximum Gasteiger partial charge on any atom is 0.418 e. The molecule has 3 aromatic rings. The number of benzene rings is 2. The summed E-state index contributed by atoms with van der Waals surface area (Å²) in [6, 6.07) is 3.58. The third kappa shape index (κ3) is 8.55. The molecule has 2 N–H and O–H groups in total. The number of hydrogen-bond donors (Lipinski definition) is 2. The van der Waals surface area contributed by atoms with E-state index in [0.717, 1.165) is 49.0 Å². The molecule has 0 radical (unpaired) electrons. The smallest absolute Gasteiger partial charge is 0.418 e. The minimum atomic E-state index is -4.84. The number of nitrogens with one attached hydrogen (secondary N) is 1. The van der Waals surface area contributed by atoms with Crippen molar-refractivity contribution in [1.29, 1.82) is 0 Å². The molecule has 49 heavy (non-hydrogen) atoms. The Morgan fingerprint density at radius 1 is 0.959 bits per heavy atom. The number of likely N-dealkylation sites (tertiary alicyclic amines) is 1. The molecule has 0 aliphatic carbocycles. The molecule has 2 aliphatic rings. The van der Waals surface area contributed by atoms with Gasteiger partial charge in [-0.1, -0.05) is 25.7 Å². The fraction of sp³-hybridized carbons (Fsp3) is 0.500. The number of aliphatic carboxylic acids is 1. The van der Waals surface area contributed by atoms with Gasteiger partial charge in [0, 0.05) is 24.6 Å². The molecule has 1 aromatic heterocycles. The number of carbonyl (C=O) groups excluding carboxylic acids is 1. The fourth-order valence-electron chi connectivity index (χ4n) is 6.88. The van der Waals surface area contributed by atoms with Crippen molar-refractivity contribution < 1.29 is 36.6 Å². The van der Waals surface area contributed by atoms with E-state index in [-0.39, 0.29) is 29.7 Å². The topological polar surface area (TPSA) is 105 Å². The first-order valence-electron chi connectivity index (χ1n) is 16.8. The number of aromatic nitrogens is 2. The summed E-state index contributed by atoms with van der Waals surface area (Å²) in [5.74, 6) is -3.34. The SMILES string of the molecule is Cc1cc2cc(c1F)[C@H](CC(=O)O)NC(=O)[C@@H](n1nc(CCN3CCC3)c(C(F)(F)F)cc1=O)CCCCCCCc1cc(F)cc(C)c1-2. The molecule has 2 aliphatic heterocycles. The van der Waals surface area contributed by atoms with Crippen molar-refractivity contribution >= 4 is 11.9 Å². The summed E-state index contributed by atoms with van der Waals surface area (Å²) in [5.41, 5.74) is 0.00322. The Morgan fingerprint density at radius 2 is 1.67 bits per heavy atom. The van der Waals surface area contributed by atoms with Gasteiger partial charge < -0.3 is 15.3 Å². The van der Waals surface area contributed by atoms with Gasteiger partial charge in [-0.3, -0.25) is 14.4 Å². The molecule has 2 aromatic carbocycles. The lowest BCUT2D eigenvalue weighted by atomic mass is 9.88. The Balaban J connectivity index is 1.60. The predicted octanol–water partition coefficient (Wildman–Crippen LogP) is 6.84. The first-order valence-corrected chi connectivity index (χ1v) is 16.8. The zero-order valence-electron chi connectivity index (χ0n) is 27.6. The second kappa shape index (κ2) is 15.2. The van der Waals surface area contributed by atoms with Crippen molar-refractivity contribution in [2.24, 2.45) is 0 Å². The monoisotopic (exact) mass is 688 g/mol. The van der Waals surface area contributed by atoms with Gasteiger partial charge in [-0.15, -0.1) is 0 Å². The third-order valence-corrected chi connectivity index (χ3v) is 9.50. The van der Waals surface area contributed by atoms with Gasteiger partial charge in [0.05, 0.1) is 23.7 Å². The average Bonchev–Trinajstić information content (AvgIpc) is 2.98. The van der Waals surface area contributed by atoms with Gasteiger partial charge in [0.15, 0.2) is 0 Å². The molecule has 0 unspecified atom stereocenters. The van der Waals surface area contributed by atoms with Crippen LogP contribution in [-0.4, -0.2) is 51.3 Å². The zero-order chi connectivity index (χ0) is 35.5. The number of nitrogens with zero attached hydrogens (tertiary/aromatic N) is 3. The highest BCUT2D eigenvalue weighted by molar-refractivity contribution is 5.82. The normalized spacial score (nSPS) is 19.5. The minimum Gasteiger partial charge on any atom is -0.481 e. The largest absolute Gasteiger partial charge is 0.481 e. The van der Waals surface area contributed by atoms with Crippen LogP contribution in [0.15, 0.2) is 35.1 Å². The number of amides is 1. The summed E-state index contributed by atoms with van der Waals surface area (Å²) >= 11 is 0. The average molecular weight is 689 g/mol. The van der Waals surface area contributed by atoms with E-state index in [4.69, 9.17) is 0 Å². The van der Waals surface area contributed by atoms with E-state index in [1.54, 1.807) is 13.0 Å². The number of halogens is 5. The quantitative estimate of drug-likeness (QED) is 0.275. The molecular formula is C36H41F5N4O4. The van der Waals surface area contributed by atoms with E-state index < -0.39 is 59.3 Å². The van der Waals surface area contributed by atoms with Crippen LogP contribution in [0.25, 0.3) is 11.1 Å². The minimum absolute atomic E-state index is 0.0320. The summed E-state index contributed by atoms with van der Waals surface area (Å²) in [7, 11) is 0. The van der Waals surface area contributed by atoms with Crippen LogP contribution in [0.3, 0.4) is 0 Å². The number of rotatable bonds is 6. The summed E-state index contributed by atoms with van der Waals surface area (Å²) in [6.07, 6.45) is -0.858. The Morgan fingerprint density at radius 3 is 2.35 bits per heavy atom. The number of carbonyl (C=O) groups is 2. The highest BCUT2D eigenvalue weighted by Gasteiger charge is 2.37. The van der Waals surface area contributed by atoms with E-state index in [9.17, 15) is 37.1 Å². The first kappa shape index (κ1) is 36.2. The summed E-state index contributed by atoms with van der Waals surface area (Å²) in [6.45, 7) is 5.05. The third-order valence-electron chi connectivity index (χ3n) is 9.50. The number of alkyl halides is 3. The van der Waals surface area contributed by atoms with Crippen LogP contribution in [0, 0.1) is 25.5 Å². The molecule has 1 fully saturated rings. The van der Waals surface area contributed by atoms with Crippen molar-refractivity contribution in [3.8, 4) is 11.1 Å². The number of carboxylic acids is 1. The molecular weight excluding hydrogens is 647 g/mol. The Bertz CT molecular complexity index is 1770. The van der Waals surface area contributed by atoms with Crippen LogP contribution >= 0.6 is 0 Å². The van der Waals surface area contributed by atoms with Crippen LogP contribution in [0.2, 0.25) is 0 Å². The van der Waals surface area contributed by atoms with Crippen molar-refractivity contribution in [3.05, 3.63) is 85.8 Å². The lowest BCUT2D eigenvalue weighted by Crippen LogP contribution is -2.42. The van der Waals surface area contributed by atoms with Crippen molar-refractivity contribution in [1.82, 2.24) is 20.0 Å². The Kier molecular flexibility index (Phi) is 11.2. The molecule has 2 bridgehead atoms. The highest BCUT2D eigenvalue weighted by Crippen LogP contribution is 2.36. The highest BCUT2D eigenvalue weighted by atomic mass is 19.4. The molecule has 2 atom stereocenters. The fourth-order valence-corrected chi connectivity index (χ4v) is 6.88. The van der Waals surface area contributed by atoms with E-state index in [2.05, 4.69) is 10.4 Å². The number of hydrogen-bond acceptors (Lipinski definition) is 5. The van der Waals surface area contributed by atoms with Crippen LogP contribution < -0.4 is 10.9 Å². The molecule has 3 heterocycles. The Labute approximate surface area is 281 Å². The predicted molar refractivity (Wildman–Crippen MR) is 173 cm³/mol. The Hall–Kier alpha value is -4.13. The first-order chi connectivity index (χ1) is 23.2. The molecule has 0 saturated carbocycles. The molecule has 264 valence electrons. The van der Waals surface area contributed by atoms with Gasteiger partial charge in [0.1, 0.15) is 17.7 Å². The second-order valence-electron chi connectivity index (χ2n) is 13.2. The van der Waals surface area contributed by atoms with E-state index in [1.165, 1.54) is 25.1 Å². The van der Waals surface area contributed by atoms with E-state index in [0.29, 0.717) is 48.6 Å². The number of carboxylic acid groups (broad SMARTS) is 1. The number of aryl methyl sites for hydroxylation is 3. The van der Waals surface area contributed by atoms with Crippen molar-refractivity contribution in [3.63, 3.8) is 0 Å². The zero-order valence-corrected chi connectivity index (χ0v) is 27.6. The standard InChI is InChI=1S/C36H41F5N4O4/c1-21-16-25(37)17-23-9-6-4-3-5-7-10-30(45-31(46)19-27(36(39,40)41)28(43-45)11-14-44-12-8-13-44)35(49)42-29(20-32(47)48)26-18-24(33(21)23)15-22(2)34(26)38/h15-19,29-30H,3-14,20H2,1-2H3,(H,42,49)(H,47,48)/t29-,30-/m0/s1. The molecule has 0 spiro atoms. The van der Waals surface area contributed by atoms with Gasteiger partial charge in [0.2, 0.25) is 5.91 Å². The molecule has 1 amide bonds. The van der Waals surface area contributed by atoms with Gasteiger partial charge in [-0.25, -0.2) is 13.5 Å². The maximum absolute atomic E-state index is 15.9. The van der Waals surface area contributed by atoms with E-state index in [1.807, 2.05) is 4.90 Å². The number of fused-ring (bicyclic) bond motifs is 4. The van der Waals surface area contributed by atoms with Crippen LogP contribution in [0.1, 0.15) is 97.0 Å². The molecule has 1 saturated heterocycles. The second-order valence-corrected chi connectivity index (χ2v) is 13.2. The molecule has 8 nitrogen and oxygen atoms in total. The summed E-state index contributed by atoms with van der Waals surface area (Å²) < 4.78 is 73.3. The van der Waals surface area contributed by atoms with Gasteiger partial charge in [-0.2, -0.15) is 18.3 Å². The van der Waals surface area contributed by atoms with Crippen molar-refractivity contribution in [2.75, 3.05) is 19.6 Å². The summed E-state index contributed by atoms with van der Waals surface area (Å²) in [5, 5.41) is 16.6. The van der Waals surface area contributed by atoms with E-state index >= 15 is 4.39 Å². The van der Waals surface area contributed by atoms with Crippen LogP contribution in [-0.2, 0) is 28.6 Å². The van der Waals surface area contributed by atoms with Crippen LogP contribution in [0.4, 0.5) is 22.0 Å². The van der Waals surface area contributed by atoms with Gasteiger partial charge in [0.25, 0.3) is 5.56 Å². The lowest BCUT2D eigenvalue weighted by molar-refractivity contribution is -0.139. The maximum atomic E-state index is 15.9. The summed E-state index contributed by atoms with van der Waals surface area (Å²) in [4.78, 5) is 41.3. The van der Waals surface area contributed by atoms with Gasteiger partial charge >= 0.3 is 12.1 Å².